The largest absolute Gasteiger partial charge is 0.298 e. The van der Waals surface area contributed by atoms with Crippen molar-refractivity contribution >= 4 is 12.4 Å². The van der Waals surface area contributed by atoms with Gasteiger partial charge in [0.15, 0.2) is 0 Å². The molecule has 13 heavy (non-hydrogen) atoms. The highest BCUT2D eigenvalue weighted by Gasteiger charge is 1.86. The first-order valence-electron chi connectivity index (χ1n) is 4.21. The Labute approximate surface area is 78.4 Å². The van der Waals surface area contributed by atoms with Crippen LogP contribution < -0.4 is 0 Å². The highest BCUT2D eigenvalue weighted by molar-refractivity contribution is 5.79. The van der Waals surface area contributed by atoms with Gasteiger partial charge in [-0.15, -0.1) is 0 Å². The van der Waals surface area contributed by atoms with E-state index in [2.05, 4.69) is 0 Å². The molecular weight excluding hydrogens is 160 g/mol. The van der Waals surface area contributed by atoms with Crippen molar-refractivity contribution in [2.45, 2.75) is 6.92 Å². The second-order valence-electron chi connectivity index (χ2n) is 2.65. The van der Waals surface area contributed by atoms with Crippen molar-refractivity contribution in [1.29, 1.82) is 0 Å². The Bertz CT molecular complexity index is 320. The van der Waals surface area contributed by atoms with Crippen molar-refractivity contribution in [1.82, 2.24) is 0 Å². The number of rotatable bonds is 3. The number of hydrogen-bond acceptors (Lipinski definition) is 1. The quantitative estimate of drug-likeness (QED) is 0.389. The van der Waals surface area contributed by atoms with Crippen LogP contribution >= 0.6 is 0 Å². The number of aldehydes is 1. The third-order valence-corrected chi connectivity index (χ3v) is 1.74. The second kappa shape index (κ2) is 5.09. The normalized spacial score (nSPS) is 11.9. The molecule has 0 aromatic heterocycles. The molecule has 0 atom stereocenters. The van der Waals surface area contributed by atoms with Gasteiger partial charge in [-0.1, -0.05) is 48.6 Å². The second-order valence-corrected chi connectivity index (χ2v) is 2.65. The van der Waals surface area contributed by atoms with Gasteiger partial charge >= 0.3 is 0 Å². The first-order chi connectivity index (χ1) is 6.36. The zero-order valence-corrected chi connectivity index (χ0v) is 7.60. The predicted octanol–water partition coefficient (Wildman–Crippen LogP) is 2.85. The highest BCUT2D eigenvalue weighted by atomic mass is 16.1. The van der Waals surface area contributed by atoms with Crippen molar-refractivity contribution in [3.05, 3.63) is 53.6 Å². The number of allylic oxidation sites excluding steroid dienone is 3. The molecule has 66 valence electrons. The summed E-state index contributed by atoms with van der Waals surface area (Å²) >= 11 is 0. The van der Waals surface area contributed by atoms with Crippen LogP contribution in [0.5, 0.6) is 0 Å². The lowest BCUT2D eigenvalue weighted by atomic mass is 10.2. The minimum absolute atomic E-state index is 0.698. The van der Waals surface area contributed by atoms with Crippen molar-refractivity contribution in [2.24, 2.45) is 0 Å². The van der Waals surface area contributed by atoms with E-state index in [1.807, 2.05) is 49.4 Å². The van der Waals surface area contributed by atoms with Crippen molar-refractivity contribution in [3.8, 4) is 0 Å². The Kier molecular flexibility index (Phi) is 3.71. The fourth-order valence-electron chi connectivity index (χ4n) is 0.960. The summed E-state index contributed by atoms with van der Waals surface area (Å²) in [7, 11) is 0. The maximum Gasteiger partial charge on any atom is 0.149 e. The van der Waals surface area contributed by atoms with E-state index < -0.39 is 0 Å². The lowest BCUT2D eigenvalue weighted by Crippen LogP contribution is -1.76. The lowest BCUT2D eigenvalue weighted by Gasteiger charge is -1.90. The van der Waals surface area contributed by atoms with Gasteiger partial charge in [-0.3, -0.25) is 4.79 Å². The Morgan fingerprint density at radius 3 is 2.46 bits per heavy atom. The third-order valence-electron chi connectivity index (χ3n) is 1.74. The molecule has 0 saturated carbocycles. The summed E-state index contributed by atoms with van der Waals surface area (Å²) in [5, 5.41) is 0. The minimum Gasteiger partial charge on any atom is -0.298 e. The van der Waals surface area contributed by atoms with E-state index in [0.717, 1.165) is 11.8 Å². The average molecular weight is 172 g/mol. The molecule has 0 heterocycles. The molecule has 1 aromatic rings. The maximum atomic E-state index is 10.4. The van der Waals surface area contributed by atoms with Crippen LogP contribution in [0.2, 0.25) is 0 Å². The monoisotopic (exact) mass is 172 g/mol. The molecular formula is C12H12O. The van der Waals surface area contributed by atoms with Gasteiger partial charge in [0.05, 0.1) is 0 Å². The van der Waals surface area contributed by atoms with Crippen LogP contribution in [0.15, 0.2) is 48.1 Å². The summed E-state index contributed by atoms with van der Waals surface area (Å²) in [6.07, 6.45) is 6.36. The van der Waals surface area contributed by atoms with E-state index in [4.69, 9.17) is 0 Å². The van der Waals surface area contributed by atoms with Gasteiger partial charge in [0.1, 0.15) is 6.29 Å². The molecule has 0 bridgehead atoms. The van der Waals surface area contributed by atoms with E-state index in [1.165, 1.54) is 0 Å². The zero-order chi connectivity index (χ0) is 9.52. The fourth-order valence-corrected chi connectivity index (χ4v) is 0.960. The molecule has 0 unspecified atom stereocenters. The van der Waals surface area contributed by atoms with E-state index in [-0.39, 0.29) is 0 Å². The Morgan fingerprint density at radius 2 is 1.92 bits per heavy atom. The molecule has 0 N–H and O–H groups in total. The van der Waals surface area contributed by atoms with Crippen molar-refractivity contribution < 1.29 is 4.79 Å². The summed E-state index contributed by atoms with van der Waals surface area (Å²) < 4.78 is 0. The van der Waals surface area contributed by atoms with E-state index in [9.17, 15) is 4.79 Å². The summed E-state index contributed by atoms with van der Waals surface area (Å²) in [4.78, 5) is 10.4. The van der Waals surface area contributed by atoms with Crippen LogP contribution in [0.3, 0.4) is 0 Å². The molecule has 0 amide bonds. The molecule has 0 saturated heterocycles. The van der Waals surface area contributed by atoms with Crippen LogP contribution in [0.1, 0.15) is 12.5 Å². The van der Waals surface area contributed by atoms with Gasteiger partial charge in [-0.2, -0.15) is 0 Å². The standard InChI is InChI=1S/C12H12O/c1-2-11(10-13)8-9-12-6-4-3-5-7-12/h2-10H,1H3/b9-8+,11-2+. The first kappa shape index (κ1) is 9.46. The summed E-state index contributed by atoms with van der Waals surface area (Å²) in [5.41, 5.74) is 1.80. The molecule has 0 fully saturated rings. The van der Waals surface area contributed by atoms with Crippen LogP contribution in [-0.2, 0) is 4.79 Å². The maximum absolute atomic E-state index is 10.4. The summed E-state index contributed by atoms with van der Waals surface area (Å²) in [5.74, 6) is 0. The van der Waals surface area contributed by atoms with E-state index in [0.29, 0.717) is 5.57 Å². The molecule has 0 spiro atoms. The predicted molar refractivity (Wildman–Crippen MR) is 55.3 cm³/mol. The molecule has 1 heteroatoms. The number of benzene rings is 1. The van der Waals surface area contributed by atoms with Gasteiger partial charge in [-0.25, -0.2) is 0 Å². The van der Waals surface area contributed by atoms with Gasteiger partial charge in [0.2, 0.25) is 0 Å². The summed E-state index contributed by atoms with van der Waals surface area (Å²) in [6, 6.07) is 9.89. The molecule has 0 aliphatic heterocycles. The Balaban J connectivity index is 2.74. The molecule has 0 aliphatic rings. The third kappa shape index (κ3) is 3.08. The van der Waals surface area contributed by atoms with Gasteiger partial charge < -0.3 is 0 Å². The number of hydrogen-bond donors (Lipinski definition) is 0. The van der Waals surface area contributed by atoms with Gasteiger partial charge in [-0.05, 0) is 12.5 Å². The molecule has 1 nitrogen and oxygen atoms in total. The molecule has 1 rings (SSSR count). The van der Waals surface area contributed by atoms with Crippen molar-refractivity contribution in [3.63, 3.8) is 0 Å². The number of carbonyl (C=O) groups excluding carboxylic acids is 1. The number of carbonyl (C=O) groups is 1. The van der Waals surface area contributed by atoms with E-state index in [1.54, 1.807) is 6.08 Å². The Morgan fingerprint density at radius 1 is 1.23 bits per heavy atom. The first-order valence-corrected chi connectivity index (χ1v) is 4.21. The van der Waals surface area contributed by atoms with E-state index >= 15 is 0 Å². The molecule has 1 aromatic carbocycles. The van der Waals surface area contributed by atoms with Gasteiger partial charge in [0, 0.05) is 5.57 Å². The average Bonchev–Trinajstić information content (AvgIpc) is 2.21. The SMILES string of the molecule is C/C=C(C=O)\C=C\c1ccccc1. The van der Waals surface area contributed by atoms with Crippen molar-refractivity contribution in [2.75, 3.05) is 0 Å². The van der Waals surface area contributed by atoms with Crippen LogP contribution in [0, 0.1) is 0 Å². The summed E-state index contributed by atoms with van der Waals surface area (Å²) in [6.45, 7) is 1.85. The van der Waals surface area contributed by atoms with Gasteiger partial charge in [0.25, 0.3) is 0 Å². The topological polar surface area (TPSA) is 17.1 Å². The lowest BCUT2D eigenvalue weighted by molar-refractivity contribution is -0.104. The smallest absolute Gasteiger partial charge is 0.149 e. The zero-order valence-electron chi connectivity index (χ0n) is 7.60. The Hall–Kier alpha value is -1.63. The fraction of sp³-hybridized carbons (Fsp3) is 0.0833. The minimum atomic E-state index is 0.698. The van der Waals surface area contributed by atoms with Crippen LogP contribution in [-0.4, -0.2) is 6.29 Å². The highest BCUT2D eigenvalue weighted by Crippen LogP contribution is 2.03. The molecule has 0 aliphatic carbocycles. The van der Waals surface area contributed by atoms with Crippen LogP contribution in [0.4, 0.5) is 0 Å². The molecule has 0 radical (unpaired) electrons. The van der Waals surface area contributed by atoms with Crippen LogP contribution in [0.25, 0.3) is 6.08 Å².